The molecule has 0 unspecified atom stereocenters. The summed E-state index contributed by atoms with van der Waals surface area (Å²) < 4.78 is 6.70. The molecule has 1 atom stereocenters. The number of hydrogen-bond acceptors (Lipinski definition) is 5. The molecule has 0 aliphatic carbocycles. The van der Waals surface area contributed by atoms with Gasteiger partial charge in [0.25, 0.3) is 11.8 Å². The highest BCUT2D eigenvalue weighted by Gasteiger charge is 2.33. The second-order valence-electron chi connectivity index (χ2n) is 7.53. The Morgan fingerprint density at radius 1 is 1.34 bits per heavy atom. The first-order valence-electron chi connectivity index (χ1n) is 9.80. The number of thiazole rings is 1. The molecule has 2 amide bonds. The van der Waals surface area contributed by atoms with Crippen LogP contribution in [0.25, 0.3) is 10.2 Å². The number of carbonyl (C=O) groups excluding carboxylic acids is 2. The Kier molecular flexibility index (Phi) is 4.56. The zero-order valence-corrected chi connectivity index (χ0v) is 16.9. The van der Waals surface area contributed by atoms with Crippen molar-refractivity contribution in [1.29, 1.82) is 0 Å². The van der Waals surface area contributed by atoms with Crippen LogP contribution in [0.4, 0.5) is 5.69 Å². The summed E-state index contributed by atoms with van der Waals surface area (Å²) in [5.74, 6) is -0.357. The third-order valence-corrected chi connectivity index (χ3v) is 6.39. The summed E-state index contributed by atoms with van der Waals surface area (Å²) in [7, 11) is 0. The van der Waals surface area contributed by atoms with Crippen LogP contribution in [0.15, 0.2) is 36.4 Å². The highest BCUT2D eigenvalue weighted by molar-refractivity contribution is 7.18. The van der Waals surface area contributed by atoms with Crippen molar-refractivity contribution in [3.05, 3.63) is 58.1 Å². The molecule has 2 aliphatic heterocycles. The lowest BCUT2D eigenvalue weighted by atomic mass is 10.0. The number of ether oxygens (including phenoxy) is 1. The highest BCUT2D eigenvalue weighted by atomic mass is 32.1. The molecular weight excluding hydrogens is 386 g/mol. The Morgan fingerprint density at radius 3 is 3.07 bits per heavy atom. The smallest absolute Gasteiger partial charge is 0.256 e. The minimum Gasteiger partial charge on any atom is -0.376 e. The number of carbonyl (C=O) groups is 2. The molecule has 2 aromatic carbocycles. The standard InChI is InChI=1S/C22H21N3O3S/c1-13-23-18-8-7-15(10-19(18)29-13)24-21(26)17-6-2-4-14-11-25(22(27)20(14)17)12-16-5-3-9-28-16/h2,4,6-8,10,16H,3,5,9,11-12H2,1H3,(H,24,26)/t16-/m0/s1. The van der Waals surface area contributed by atoms with E-state index in [0.29, 0.717) is 29.9 Å². The van der Waals surface area contributed by atoms with E-state index in [9.17, 15) is 9.59 Å². The number of amides is 2. The zero-order valence-electron chi connectivity index (χ0n) is 16.1. The number of aryl methyl sites for hydroxylation is 1. The molecule has 7 heteroatoms. The molecule has 1 N–H and O–H groups in total. The molecule has 1 fully saturated rings. The maximum absolute atomic E-state index is 13.0. The van der Waals surface area contributed by atoms with Crippen LogP contribution in [-0.2, 0) is 11.3 Å². The topological polar surface area (TPSA) is 71.5 Å². The van der Waals surface area contributed by atoms with Gasteiger partial charge in [-0.15, -0.1) is 11.3 Å². The Morgan fingerprint density at radius 2 is 2.24 bits per heavy atom. The average molecular weight is 407 g/mol. The largest absolute Gasteiger partial charge is 0.376 e. The third-order valence-electron chi connectivity index (χ3n) is 5.46. The fourth-order valence-corrected chi connectivity index (χ4v) is 4.97. The Hall–Kier alpha value is -2.77. The van der Waals surface area contributed by atoms with Gasteiger partial charge in [0.05, 0.1) is 32.5 Å². The van der Waals surface area contributed by atoms with Crippen LogP contribution in [0.3, 0.4) is 0 Å². The van der Waals surface area contributed by atoms with Gasteiger partial charge in [-0.05, 0) is 49.6 Å². The number of nitrogens with zero attached hydrogens (tertiary/aromatic N) is 2. The second kappa shape index (κ2) is 7.24. The molecular formula is C22H21N3O3S. The molecule has 2 aliphatic rings. The third kappa shape index (κ3) is 3.41. The normalized spacial score (nSPS) is 18.4. The Bertz CT molecular complexity index is 1120. The van der Waals surface area contributed by atoms with Gasteiger partial charge in [0, 0.05) is 25.4 Å². The van der Waals surface area contributed by atoms with Crippen LogP contribution in [0.5, 0.6) is 0 Å². The van der Waals surface area contributed by atoms with Gasteiger partial charge in [0.2, 0.25) is 0 Å². The predicted octanol–water partition coefficient (Wildman–Crippen LogP) is 3.99. The van der Waals surface area contributed by atoms with Crippen molar-refractivity contribution >= 4 is 39.1 Å². The summed E-state index contributed by atoms with van der Waals surface area (Å²) in [6.45, 7) is 3.83. The van der Waals surface area contributed by atoms with Crippen LogP contribution >= 0.6 is 11.3 Å². The van der Waals surface area contributed by atoms with Crippen LogP contribution in [0.1, 0.15) is 44.1 Å². The SMILES string of the molecule is Cc1nc2ccc(NC(=O)c3cccc4c3C(=O)N(C[C@@H]3CCCO3)C4)cc2s1. The van der Waals surface area contributed by atoms with Gasteiger partial charge >= 0.3 is 0 Å². The molecule has 1 aromatic heterocycles. The van der Waals surface area contributed by atoms with Gasteiger partial charge in [-0.25, -0.2) is 4.98 Å². The monoisotopic (exact) mass is 407 g/mol. The number of hydrogen-bond donors (Lipinski definition) is 1. The fourth-order valence-electron chi connectivity index (χ4n) is 4.11. The van der Waals surface area contributed by atoms with Gasteiger partial charge in [-0.3, -0.25) is 9.59 Å². The molecule has 3 heterocycles. The van der Waals surface area contributed by atoms with E-state index in [-0.39, 0.29) is 17.9 Å². The molecule has 148 valence electrons. The zero-order chi connectivity index (χ0) is 20.0. The van der Waals surface area contributed by atoms with E-state index in [1.807, 2.05) is 37.3 Å². The molecule has 0 bridgehead atoms. The number of anilines is 1. The molecule has 3 aromatic rings. The number of fused-ring (bicyclic) bond motifs is 2. The summed E-state index contributed by atoms with van der Waals surface area (Å²) >= 11 is 1.59. The predicted molar refractivity (Wildman–Crippen MR) is 112 cm³/mol. The summed E-state index contributed by atoms with van der Waals surface area (Å²) in [5.41, 5.74) is 3.45. The van der Waals surface area contributed by atoms with Crippen LogP contribution in [-0.4, -0.2) is 41.0 Å². The van der Waals surface area contributed by atoms with Crippen LogP contribution in [0, 0.1) is 6.92 Å². The number of aromatic nitrogens is 1. The van der Waals surface area contributed by atoms with E-state index in [4.69, 9.17) is 4.74 Å². The first-order valence-corrected chi connectivity index (χ1v) is 10.6. The minimum atomic E-state index is -0.269. The molecule has 0 radical (unpaired) electrons. The van der Waals surface area contributed by atoms with Crippen molar-refractivity contribution in [3.63, 3.8) is 0 Å². The average Bonchev–Trinajstić information content (AvgIpc) is 3.41. The van der Waals surface area contributed by atoms with E-state index in [2.05, 4.69) is 10.3 Å². The van der Waals surface area contributed by atoms with Gasteiger partial charge in [-0.1, -0.05) is 12.1 Å². The maximum Gasteiger partial charge on any atom is 0.256 e. The number of benzene rings is 2. The molecule has 0 spiro atoms. The highest BCUT2D eigenvalue weighted by Crippen LogP contribution is 2.29. The van der Waals surface area contributed by atoms with Crippen LogP contribution in [0.2, 0.25) is 0 Å². The van der Waals surface area contributed by atoms with Crippen molar-refractivity contribution < 1.29 is 14.3 Å². The van der Waals surface area contributed by atoms with Crippen molar-refractivity contribution in [1.82, 2.24) is 9.88 Å². The minimum absolute atomic E-state index is 0.0882. The summed E-state index contributed by atoms with van der Waals surface area (Å²) in [5, 5.41) is 3.93. The Balaban J connectivity index is 1.38. The van der Waals surface area contributed by atoms with Gasteiger partial charge in [0.1, 0.15) is 0 Å². The fraction of sp³-hybridized carbons (Fsp3) is 0.318. The molecule has 29 heavy (non-hydrogen) atoms. The first kappa shape index (κ1) is 18.3. The van der Waals surface area contributed by atoms with Crippen molar-refractivity contribution in [2.24, 2.45) is 0 Å². The Labute approximate surface area is 172 Å². The van der Waals surface area contributed by atoms with Crippen molar-refractivity contribution in [2.75, 3.05) is 18.5 Å². The van der Waals surface area contributed by atoms with Gasteiger partial charge in [-0.2, -0.15) is 0 Å². The molecule has 1 saturated heterocycles. The van der Waals surface area contributed by atoms with E-state index in [1.54, 1.807) is 22.3 Å². The van der Waals surface area contributed by atoms with E-state index < -0.39 is 0 Å². The first-order chi connectivity index (χ1) is 14.1. The molecule has 5 rings (SSSR count). The lowest BCUT2D eigenvalue weighted by Crippen LogP contribution is -2.32. The number of nitrogens with one attached hydrogen (secondary N) is 1. The maximum atomic E-state index is 13.0. The van der Waals surface area contributed by atoms with E-state index in [1.165, 1.54) is 0 Å². The lowest BCUT2D eigenvalue weighted by molar-refractivity contribution is 0.0544. The number of rotatable bonds is 4. The van der Waals surface area contributed by atoms with E-state index in [0.717, 1.165) is 40.2 Å². The molecule has 0 saturated carbocycles. The molecule has 6 nitrogen and oxygen atoms in total. The van der Waals surface area contributed by atoms with Crippen LogP contribution < -0.4 is 5.32 Å². The van der Waals surface area contributed by atoms with E-state index >= 15 is 0 Å². The quantitative estimate of drug-likeness (QED) is 0.710. The summed E-state index contributed by atoms with van der Waals surface area (Å²) in [4.78, 5) is 32.3. The van der Waals surface area contributed by atoms with Gasteiger partial charge < -0.3 is 15.0 Å². The lowest BCUT2D eigenvalue weighted by Gasteiger charge is -2.19. The summed E-state index contributed by atoms with van der Waals surface area (Å²) in [6, 6.07) is 11.1. The summed E-state index contributed by atoms with van der Waals surface area (Å²) in [6.07, 6.45) is 2.12. The van der Waals surface area contributed by atoms with Crippen molar-refractivity contribution in [2.45, 2.75) is 32.4 Å². The second-order valence-corrected chi connectivity index (χ2v) is 8.76. The van der Waals surface area contributed by atoms with Crippen molar-refractivity contribution in [3.8, 4) is 0 Å². The van der Waals surface area contributed by atoms with Gasteiger partial charge in [0.15, 0.2) is 0 Å².